The highest BCUT2D eigenvalue weighted by Crippen LogP contribution is 2.29. The van der Waals surface area contributed by atoms with E-state index in [9.17, 15) is 15.0 Å². The minimum atomic E-state index is -1.83. The van der Waals surface area contributed by atoms with Gasteiger partial charge in [0.1, 0.15) is 5.78 Å². The quantitative estimate of drug-likeness (QED) is 0.676. The van der Waals surface area contributed by atoms with Crippen LogP contribution in [0.25, 0.3) is 0 Å². The lowest BCUT2D eigenvalue weighted by Gasteiger charge is -2.17. The Morgan fingerprint density at radius 1 is 1.04 bits per heavy atom. The van der Waals surface area contributed by atoms with Gasteiger partial charge in [-0.15, -0.1) is 0 Å². The van der Waals surface area contributed by atoms with Crippen molar-refractivity contribution in [2.45, 2.75) is 52.2 Å². The molecule has 0 spiro atoms. The lowest BCUT2D eigenvalue weighted by atomic mass is 9.90. The number of aryl methyl sites for hydroxylation is 3. The van der Waals surface area contributed by atoms with Gasteiger partial charge in [-0.2, -0.15) is 0 Å². The van der Waals surface area contributed by atoms with Crippen molar-refractivity contribution in [2.24, 2.45) is 5.92 Å². The van der Waals surface area contributed by atoms with Crippen LogP contribution in [0.3, 0.4) is 0 Å². The van der Waals surface area contributed by atoms with Crippen molar-refractivity contribution in [1.82, 2.24) is 0 Å². The Balaban J connectivity index is 0.000000593. The van der Waals surface area contributed by atoms with Crippen molar-refractivity contribution < 1.29 is 30.0 Å². The van der Waals surface area contributed by atoms with Gasteiger partial charge in [-0.25, -0.2) is 4.79 Å². The van der Waals surface area contributed by atoms with Crippen molar-refractivity contribution in [1.29, 1.82) is 0 Å². The van der Waals surface area contributed by atoms with Crippen molar-refractivity contribution in [3.8, 4) is 0 Å². The number of carbonyl (C=O) groups is 2. The smallest absolute Gasteiger partial charge is 0.450 e. The van der Waals surface area contributed by atoms with Crippen LogP contribution in [0, 0.1) is 26.7 Å². The van der Waals surface area contributed by atoms with E-state index in [-0.39, 0.29) is 5.78 Å². The van der Waals surface area contributed by atoms with Gasteiger partial charge in [0.2, 0.25) is 0 Å². The number of hydrogen-bond acceptors (Lipinski definition) is 4. The van der Waals surface area contributed by atoms with E-state index in [0.717, 1.165) is 16.7 Å². The van der Waals surface area contributed by atoms with Crippen LogP contribution in [0.15, 0.2) is 12.1 Å². The summed E-state index contributed by atoms with van der Waals surface area (Å²) in [7, 11) is 0. The number of ketones is 1. The van der Waals surface area contributed by atoms with Gasteiger partial charge < -0.3 is 20.4 Å². The third kappa shape index (κ3) is 5.33. The first-order chi connectivity index (χ1) is 10.6. The molecule has 1 fully saturated rings. The predicted octanol–water partition coefficient (Wildman–Crippen LogP) is 2.08. The van der Waals surface area contributed by atoms with Gasteiger partial charge >= 0.3 is 6.16 Å². The number of aliphatic hydroxyl groups excluding tert-OH is 2. The van der Waals surface area contributed by atoms with Gasteiger partial charge in [-0.1, -0.05) is 17.7 Å². The minimum absolute atomic E-state index is 0.0408. The van der Waals surface area contributed by atoms with E-state index in [4.69, 9.17) is 15.0 Å². The molecule has 1 aromatic rings. The molecule has 0 heterocycles. The minimum Gasteiger partial charge on any atom is -0.450 e. The second-order valence-electron chi connectivity index (χ2n) is 6.04. The maximum atomic E-state index is 12.3. The molecule has 1 aromatic carbocycles. The Morgan fingerprint density at radius 3 is 1.91 bits per heavy atom. The fraction of sp³-hybridized carbons (Fsp3) is 0.529. The average molecular weight is 324 g/mol. The Labute approximate surface area is 135 Å². The predicted molar refractivity (Wildman–Crippen MR) is 84.8 cm³/mol. The molecule has 23 heavy (non-hydrogen) atoms. The summed E-state index contributed by atoms with van der Waals surface area (Å²) in [4.78, 5) is 20.8. The molecule has 0 aliphatic heterocycles. The van der Waals surface area contributed by atoms with Crippen LogP contribution in [-0.4, -0.2) is 44.6 Å². The van der Waals surface area contributed by atoms with E-state index in [0.29, 0.717) is 19.3 Å². The number of benzene rings is 1. The van der Waals surface area contributed by atoms with Crippen LogP contribution in [-0.2, 0) is 11.2 Å². The summed E-state index contributed by atoms with van der Waals surface area (Å²) >= 11 is 0. The number of rotatable bonds is 3. The van der Waals surface area contributed by atoms with Crippen molar-refractivity contribution in [3.63, 3.8) is 0 Å². The summed E-state index contributed by atoms with van der Waals surface area (Å²) < 4.78 is 0. The highest BCUT2D eigenvalue weighted by molar-refractivity contribution is 5.84. The summed E-state index contributed by atoms with van der Waals surface area (Å²) in [6.07, 6.45) is -2.01. The van der Waals surface area contributed by atoms with Crippen LogP contribution >= 0.6 is 0 Å². The zero-order valence-corrected chi connectivity index (χ0v) is 13.6. The number of carboxylic acid groups (broad SMARTS) is 2. The third-order valence-electron chi connectivity index (χ3n) is 4.18. The van der Waals surface area contributed by atoms with Gasteiger partial charge in [0.15, 0.2) is 0 Å². The van der Waals surface area contributed by atoms with Gasteiger partial charge in [0.25, 0.3) is 0 Å². The van der Waals surface area contributed by atoms with Gasteiger partial charge in [0.05, 0.1) is 12.2 Å². The summed E-state index contributed by atoms with van der Waals surface area (Å²) in [5, 5.41) is 33.3. The van der Waals surface area contributed by atoms with E-state index < -0.39 is 24.3 Å². The van der Waals surface area contributed by atoms with E-state index in [1.165, 1.54) is 5.56 Å². The van der Waals surface area contributed by atoms with Crippen LogP contribution in [0.4, 0.5) is 4.79 Å². The highest BCUT2D eigenvalue weighted by Gasteiger charge is 2.37. The van der Waals surface area contributed by atoms with E-state index >= 15 is 0 Å². The molecule has 4 N–H and O–H groups in total. The average Bonchev–Trinajstić information content (AvgIpc) is 2.73. The molecule has 1 aliphatic carbocycles. The molecule has 6 heteroatoms. The molecule has 3 unspecified atom stereocenters. The van der Waals surface area contributed by atoms with Crippen molar-refractivity contribution >= 4 is 11.9 Å². The maximum Gasteiger partial charge on any atom is 0.503 e. The third-order valence-corrected chi connectivity index (χ3v) is 4.18. The Morgan fingerprint density at radius 2 is 1.52 bits per heavy atom. The molecule has 0 radical (unpaired) electrons. The van der Waals surface area contributed by atoms with Crippen molar-refractivity contribution in [2.75, 3.05) is 0 Å². The molecule has 1 saturated carbocycles. The largest absolute Gasteiger partial charge is 0.503 e. The number of aliphatic hydroxyl groups is 2. The first-order valence-corrected chi connectivity index (χ1v) is 7.51. The molecule has 0 saturated heterocycles. The molecule has 6 nitrogen and oxygen atoms in total. The van der Waals surface area contributed by atoms with Crippen molar-refractivity contribution in [3.05, 3.63) is 34.4 Å². The molecule has 1 aliphatic rings. The molecule has 2 rings (SSSR count). The van der Waals surface area contributed by atoms with Crippen LogP contribution in [0.5, 0.6) is 0 Å². The first kappa shape index (κ1) is 19.1. The number of carbonyl (C=O) groups excluding carboxylic acids is 1. The van der Waals surface area contributed by atoms with Gasteiger partial charge in [-0.05, 0) is 50.3 Å². The zero-order chi connectivity index (χ0) is 17.7. The molecule has 0 amide bonds. The monoisotopic (exact) mass is 324 g/mol. The second kappa shape index (κ2) is 8.08. The maximum absolute atomic E-state index is 12.3. The summed E-state index contributed by atoms with van der Waals surface area (Å²) in [5.41, 5.74) is 4.50. The second-order valence-corrected chi connectivity index (χ2v) is 6.04. The lowest BCUT2D eigenvalue weighted by Crippen LogP contribution is -2.31. The first-order valence-electron chi connectivity index (χ1n) is 7.51. The highest BCUT2D eigenvalue weighted by atomic mass is 16.6. The fourth-order valence-corrected chi connectivity index (χ4v) is 3.11. The molecule has 0 bridgehead atoms. The standard InChI is InChI=1S/C16H22O3.CH2O3/c1-9-6-10(2)13(11(3)7-9)8-15(18)12-4-5-14(17)16(12)19;2-1(3)4/h6-7,12,14,16-17,19H,4-5,8H2,1-3H3;(H2,2,3,4). The van der Waals surface area contributed by atoms with Crippen LogP contribution in [0.1, 0.15) is 35.1 Å². The van der Waals surface area contributed by atoms with E-state index in [1.807, 2.05) is 20.8 Å². The molecule has 128 valence electrons. The van der Waals surface area contributed by atoms with Gasteiger partial charge in [-0.3, -0.25) is 4.79 Å². The molecular weight excluding hydrogens is 300 g/mol. The zero-order valence-electron chi connectivity index (χ0n) is 13.6. The normalized spacial score (nSPS) is 23.1. The Bertz CT molecular complexity index is 553. The van der Waals surface area contributed by atoms with E-state index in [2.05, 4.69) is 12.1 Å². The molecular formula is C17H24O6. The summed E-state index contributed by atoms with van der Waals surface area (Å²) in [6, 6.07) is 4.16. The van der Waals surface area contributed by atoms with Gasteiger partial charge in [0, 0.05) is 12.3 Å². The molecule has 3 atom stereocenters. The Hall–Kier alpha value is -1.92. The number of hydrogen-bond donors (Lipinski definition) is 4. The van der Waals surface area contributed by atoms with Crippen LogP contribution in [0.2, 0.25) is 0 Å². The topological polar surface area (TPSA) is 115 Å². The Kier molecular flexibility index (Phi) is 6.72. The SMILES string of the molecule is Cc1cc(C)c(CC(=O)C2CCC(O)C2O)c(C)c1.O=C(O)O. The summed E-state index contributed by atoms with van der Waals surface area (Å²) in [6.45, 7) is 6.08. The van der Waals surface area contributed by atoms with Crippen LogP contribution < -0.4 is 0 Å². The fourth-order valence-electron chi connectivity index (χ4n) is 3.11. The molecule has 0 aromatic heterocycles. The summed E-state index contributed by atoms with van der Waals surface area (Å²) in [5.74, 6) is -0.366. The number of Topliss-reactive ketones (excluding diaryl/α,β-unsaturated/α-hetero) is 1. The van der Waals surface area contributed by atoms with E-state index in [1.54, 1.807) is 0 Å². The lowest BCUT2D eigenvalue weighted by molar-refractivity contribution is -0.126.